The van der Waals surface area contributed by atoms with E-state index in [9.17, 15) is 9.59 Å². The number of unbranched alkanes of at least 4 members (excludes halogenated alkanes) is 2. The quantitative estimate of drug-likeness (QED) is 0.169. The summed E-state index contributed by atoms with van der Waals surface area (Å²) in [5.74, 6) is 2.21. The molecule has 0 bridgehead atoms. The van der Waals surface area contributed by atoms with Crippen LogP contribution in [0.4, 0.5) is 0 Å². The molecule has 10 heteroatoms. The van der Waals surface area contributed by atoms with Gasteiger partial charge in [0.15, 0.2) is 0 Å². The van der Waals surface area contributed by atoms with E-state index in [4.69, 9.17) is 19.1 Å². The van der Waals surface area contributed by atoms with Gasteiger partial charge >= 0.3 is 0 Å². The molecule has 6 rings (SSSR count). The topological polar surface area (TPSA) is 135 Å². The van der Waals surface area contributed by atoms with Gasteiger partial charge in [0, 0.05) is 29.7 Å². The van der Waals surface area contributed by atoms with Gasteiger partial charge in [-0.1, -0.05) is 25.8 Å². The first kappa shape index (κ1) is 29.0. The number of amides is 1. The second-order valence-electron chi connectivity index (χ2n) is 11.9. The number of H-pyrrole nitrogens is 1. The molecule has 10 nitrogen and oxygen atoms in total. The molecular weight excluding hydrogens is 544 g/mol. The standard InChI is InChI=1S/C33H40N6O4/c1-3-23(40)7-5-4-6-8-26(38-30(41)25-19-33(25)11-13-34-14-12-33)29-36-20-28(37-29)24-17-21-9-10-22(31-35-15-16-43-31)18-27(21)39-32(24)42-2/h9-10,15-18,20,25-26,34H,3-8,11-14,19H2,1-2H3,(H,36,37)(H,38,41)/t25-,26+/m1/s1. The van der Waals surface area contributed by atoms with Crippen LogP contribution in [-0.4, -0.2) is 51.8 Å². The number of aromatic nitrogens is 4. The molecule has 2 fully saturated rings. The average Bonchev–Trinajstić information content (AvgIpc) is 3.41. The predicted octanol–water partition coefficient (Wildman–Crippen LogP) is 5.77. The van der Waals surface area contributed by atoms with E-state index in [1.807, 2.05) is 31.2 Å². The minimum absolute atomic E-state index is 0.0692. The summed E-state index contributed by atoms with van der Waals surface area (Å²) in [6.45, 7) is 3.87. The molecule has 43 heavy (non-hydrogen) atoms. The van der Waals surface area contributed by atoms with Crippen LogP contribution in [0, 0.1) is 11.3 Å². The van der Waals surface area contributed by atoms with E-state index in [1.165, 1.54) is 0 Å². The number of oxazole rings is 1. The number of piperidine rings is 1. The molecule has 2 atom stereocenters. The van der Waals surface area contributed by atoms with Crippen LogP contribution < -0.4 is 15.4 Å². The molecule has 226 valence electrons. The Morgan fingerprint density at radius 1 is 1.16 bits per heavy atom. The van der Waals surface area contributed by atoms with Gasteiger partial charge in [-0.05, 0) is 68.8 Å². The van der Waals surface area contributed by atoms with Crippen molar-refractivity contribution in [2.24, 2.45) is 11.3 Å². The zero-order valence-corrected chi connectivity index (χ0v) is 24.9. The molecule has 1 saturated heterocycles. The molecule has 0 unspecified atom stereocenters. The fourth-order valence-electron chi connectivity index (χ4n) is 6.42. The number of aromatic amines is 1. The Morgan fingerprint density at radius 3 is 2.79 bits per heavy atom. The van der Waals surface area contributed by atoms with Crippen LogP contribution in [0.15, 0.2) is 47.3 Å². The number of nitrogens with zero attached hydrogens (tertiary/aromatic N) is 3. The van der Waals surface area contributed by atoms with Gasteiger partial charge in [0.2, 0.25) is 17.7 Å². The van der Waals surface area contributed by atoms with Crippen LogP contribution >= 0.6 is 0 Å². The molecule has 1 amide bonds. The molecule has 3 aromatic heterocycles. The molecule has 0 radical (unpaired) electrons. The van der Waals surface area contributed by atoms with Gasteiger partial charge in [-0.25, -0.2) is 15.0 Å². The van der Waals surface area contributed by atoms with Crippen LogP contribution in [0.25, 0.3) is 33.6 Å². The number of carbonyl (C=O) groups excluding carboxylic acids is 2. The Kier molecular flexibility index (Phi) is 8.56. The Morgan fingerprint density at radius 2 is 2.02 bits per heavy atom. The first-order valence-electron chi connectivity index (χ1n) is 15.5. The molecule has 2 aliphatic rings. The predicted molar refractivity (Wildman–Crippen MR) is 163 cm³/mol. The van der Waals surface area contributed by atoms with Crippen molar-refractivity contribution in [2.45, 2.75) is 70.8 Å². The van der Waals surface area contributed by atoms with Crippen LogP contribution in [-0.2, 0) is 9.59 Å². The Labute approximate surface area is 251 Å². The molecule has 1 spiro atoms. The van der Waals surface area contributed by atoms with Crippen molar-refractivity contribution in [3.8, 4) is 28.6 Å². The van der Waals surface area contributed by atoms with Gasteiger partial charge in [-0.15, -0.1) is 0 Å². The summed E-state index contributed by atoms with van der Waals surface area (Å²) in [6.07, 6.45) is 12.7. The first-order valence-corrected chi connectivity index (χ1v) is 15.5. The fraction of sp³-hybridized carbons (Fsp3) is 0.485. The van der Waals surface area contributed by atoms with Crippen molar-refractivity contribution >= 4 is 22.6 Å². The molecule has 1 saturated carbocycles. The smallest absolute Gasteiger partial charge is 0.225 e. The summed E-state index contributed by atoms with van der Waals surface area (Å²) < 4.78 is 11.1. The van der Waals surface area contributed by atoms with E-state index in [0.717, 1.165) is 91.6 Å². The number of hydrogen-bond acceptors (Lipinski definition) is 8. The summed E-state index contributed by atoms with van der Waals surface area (Å²) in [4.78, 5) is 42.4. The minimum atomic E-state index is -0.245. The summed E-state index contributed by atoms with van der Waals surface area (Å²) >= 11 is 0. The molecule has 1 aromatic carbocycles. The van der Waals surface area contributed by atoms with E-state index in [0.29, 0.717) is 30.4 Å². The van der Waals surface area contributed by atoms with Crippen molar-refractivity contribution in [1.29, 1.82) is 0 Å². The Hall–Kier alpha value is -4.05. The first-order chi connectivity index (χ1) is 21.0. The normalized spacial score (nSPS) is 18.0. The van der Waals surface area contributed by atoms with Gasteiger partial charge in [0.05, 0.1) is 42.3 Å². The number of benzene rings is 1. The molecule has 4 heterocycles. The van der Waals surface area contributed by atoms with Crippen LogP contribution in [0.2, 0.25) is 0 Å². The maximum absolute atomic E-state index is 13.5. The summed E-state index contributed by atoms with van der Waals surface area (Å²) in [5, 5.41) is 7.69. The number of Topliss-reactive ketones (excluding diaryl/α,β-unsaturated/α-hetero) is 1. The minimum Gasteiger partial charge on any atom is -0.480 e. The summed E-state index contributed by atoms with van der Waals surface area (Å²) in [6, 6.07) is 7.66. The largest absolute Gasteiger partial charge is 0.480 e. The number of pyridine rings is 1. The number of fused-ring (bicyclic) bond motifs is 1. The van der Waals surface area contributed by atoms with Crippen molar-refractivity contribution in [1.82, 2.24) is 30.6 Å². The van der Waals surface area contributed by atoms with Gasteiger partial charge in [-0.3, -0.25) is 9.59 Å². The van der Waals surface area contributed by atoms with Crippen LogP contribution in [0.5, 0.6) is 5.88 Å². The monoisotopic (exact) mass is 584 g/mol. The summed E-state index contributed by atoms with van der Waals surface area (Å²) in [7, 11) is 1.60. The lowest BCUT2D eigenvalue weighted by Crippen LogP contribution is -2.35. The van der Waals surface area contributed by atoms with E-state index in [1.54, 1.807) is 25.8 Å². The van der Waals surface area contributed by atoms with E-state index in [-0.39, 0.29) is 23.3 Å². The molecule has 1 aliphatic carbocycles. The van der Waals surface area contributed by atoms with Gasteiger partial charge < -0.3 is 24.8 Å². The number of ether oxygens (including phenoxy) is 1. The third-order valence-corrected chi connectivity index (χ3v) is 9.14. The lowest BCUT2D eigenvalue weighted by atomic mass is 9.91. The average molecular weight is 585 g/mol. The van der Waals surface area contributed by atoms with Crippen LogP contribution in [0.1, 0.15) is 76.6 Å². The zero-order valence-electron chi connectivity index (χ0n) is 24.9. The Balaban J connectivity index is 1.21. The van der Waals surface area contributed by atoms with Gasteiger partial charge in [0.25, 0.3) is 0 Å². The zero-order chi connectivity index (χ0) is 29.8. The summed E-state index contributed by atoms with van der Waals surface area (Å²) in [5.41, 5.74) is 3.32. The molecule has 1 aliphatic heterocycles. The van der Waals surface area contributed by atoms with Crippen molar-refractivity contribution in [3.63, 3.8) is 0 Å². The molecule has 3 N–H and O–H groups in total. The number of rotatable bonds is 13. The number of carbonyl (C=O) groups is 2. The maximum atomic E-state index is 13.5. The number of ketones is 1. The number of hydrogen-bond donors (Lipinski definition) is 3. The lowest BCUT2D eigenvalue weighted by molar-refractivity contribution is -0.124. The van der Waals surface area contributed by atoms with Gasteiger partial charge in [0.1, 0.15) is 17.9 Å². The highest BCUT2D eigenvalue weighted by atomic mass is 16.5. The second kappa shape index (κ2) is 12.7. The maximum Gasteiger partial charge on any atom is 0.225 e. The van der Waals surface area contributed by atoms with E-state index < -0.39 is 0 Å². The number of imidazole rings is 1. The van der Waals surface area contributed by atoms with Gasteiger partial charge in [-0.2, -0.15) is 0 Å². The van der Waals surface area contributed by atoms with Crippen molar-refractivity contribution < 1.29 is 18.7 Å². The fourth-order valence-corrected chi connectivity index (χ4v) is 6.42. The Bertz CT molecular complexity index is 1570. The molecular formula is C33H40N6O4. The van der Waals surface area contributed by atoms with Crippen LogP contribution in [0.3, 0.4) is 0 Å². The number of nitrogens with one attached hydrogen (secondary N) is 3. The van der Waals surface area contributed by atoms with Crippen molar-refractivity contribution in [2.75, 3.05) is 20.2 Å². The third-order valence-electron chi connectivity index (χ3n) is 9.14. The van der Waals surface area contributed by atoms with E-state index in [2.05, 4.69) is 20.6 Å². The lowest BCUT2D eigenvalue weighted by Gasteiger charge is -2.24. The van der Waals surface area contributed by atoms with Crippen molar-refractivity contribution in [3.05, 3.63) is 48.7 Å². The highest BCUT2D eigenvalue weighted by molar-refractivity contribution is 5.88. The molecule has 4 aromatic rings. The van der Waals surface area contributed by atoms with E-state index >= 15 is 0 Å². The second-order valence-corrected chi connectivity index (χ2v) is 11.9. The highest BCUT2D eigenvalue weighted by Crippen LogP contribution is 2.58. The third kappa shape index (κ3) is 6.34. The number of methoxy groups -OCH3 is 1. The SMILES string of the molecule is CCC(=O)CCCCC[C@H](NC(=O)[C@H]1CC12CCNCC2)c1ncc(-c2cc3ccc(-c4ncco4)cc3nc2OC)[nH]1. The highest BCUT2D eigenvalue weighted by Gasteiger charge is 2.57.